The van der Waals surface area contributed by atoms with Gasteiger partial charge in [-0.15, -0.1) is 11.3 Å². The first kappa shape index (κ1) is 16.5. The summed E-state index contributed by atoms with van der Waals surface area (Å²) in [5.74, 6) is 0.774. The second-order valence-corrected chi connectivity index (χ2v) is 8.53. The van der Waals surface area contributed by atoms with Crippen molar-refractivity contribution >= 4 is 37.1 Å². The Kier molecular flexibility index (Phi) is 4.29. The lowest BCUT2D eigenvalue weighted by atomic mass is 10.2. The zero-order valence-electron chi connectivity index (χ0n) is 12.9. The van der Waals surface area contributed by atoms with Crippen molar-refractivity contribution in [2.45, 2.75) is 11.5 Å². The van der Waals surface area contributed by atoms with Crippen molar-refractivity contribution < 1.29 is 13.2 Å². The minimum Gasteiger partial charge on any atom is -0.489 e. The third-order valence-corrected chi connectivity index (χ3v) is 5.77. The molecule has 0 aliphatic heterocycles. The molecule has 3 aromatic rings. The summed E-state index contributed by atoms with van der Waals surface area (Å²) in [6, 6.07) is 14.2. The van der Waals surface area contributed by atoms with E-state index in [-0.39, 0.29) is 5.84 Å². The highest BCUT2D eigenvalue weighted by Gasteiger charge is 2.08. The van der Waals surface area contributed by atoms with Crippen LogP contribution in [0.2, 0.25) is 0 Å². The molecular formula is C17H16N2O3S2. The smallest absolute Gasteiger partial charge is 0.175 e. The predicted octanol–water partition coefficient (Wildman–Crippen LogP) is 3.17. The molecule has 0 saturated carbocycles. The van der Waals surface area contributed by atoms with Crippen LogP contribution in [0, 0.1) is 5.41 Å². The Morgan fingerprint density at radius 1 is 1.17 bits per heavy atom. The first-order valence-electron chi connectivity index (χ1n) is 7.13. The van der Waals surface area contributed by atoms with Crippen LogP contribution < -0.4 is 10.5 Å². The minimum absolute atomic E-state index is 0.0598. The number of rotatable bonds is 5. The van der Waals surface area contributed by atoms with Crippen LogP contribution in [0.4, 0.5) is 0 Å². The number of hydrogen-bond donors (Lipinski definition) is 2. The van der Waals surface area contributed by atoms with Crippen LogP contribution in [0.5, 0.6) is 5.75 Å². The molecule has 0 saturated heterocycles. The molecule has 24 heavy (non-hydrogen) atoms. The quantitative estimate of drug-likeness (QED) is 0.540. The van der Waals surface area contributed by atoms with Gasteiger partial charge in [0.1, 0.15) is 18.2 Å². The largest absolute Gasteiger partial charge is 0.489 e. The molecule has 0 radical (unpaired) electrons. The highest BCUT2D eigenvalue weighted by atomic mass is 32.2. The van der Waals surface area contributed by atoms with Gasteiger partial charge < -0.3 is 10.5 Å². The molecule has 0 unspecified atom stereocenters. The van der Waals surface area contributed by atoms with E-state index in [2.05, 4.69) is 0 Å². The van der Waals surface area contributed by atoms with E-state index in [4.69, 9.17) is 15.9 Å². The van der Waals surface area contributed by atoms with Crippen LogP contribution in [0.1, 0.15) is 10.4 Å². The maximum absolute atomic E-state index is 11.4. The average molecular weight is 360 g/mol. The molecule has 1 heterocycles. The summed E-state index contributed by atoms with van der Waals surface area (Å²) < 4.78 is 29.7. The first-order valence-corrected chi connectivity index (χ1v) is 9.83. The topological polar surface area (TPSA) is 93.2 Å². The number of nitrogens with one attached hydrogen (secondary N) is 1. The van der Waals surface area contributed by atoms with E-state index in [1.54, 1.807) is 24.3 Å². The SMILES string of the molecule is CS(=O)(=O)c1ccc(COc2ccc3cc(C(=N)N)sc3c2)cc1. The fraction of sp³-hybridized carbons (Fsp3) is 0.118. The number of nitrogens with two attached hydrogens (primary N) is 1. The van der Waals surface area contributed by atoms with Gasteiger partial charge in [0.25, 0.3) is 0 Å². The molecule has 1 aromatic heterocycles. The van der Waals surface area contributed by atoms with Gasteiger partial charge in [-0.1, -0.05) is 12.1 Å². The normalized spacial score (nSPS) is 11.5. The molecule has 2 aromatic carbocycles. The van der Waals surface area contributed by atoms with Gasteiger partial charge in [0.15, 0.2) is 9.84 Å². The molecule has 7 heteroatoms. The summed E-state index contributed by atoms with van der Waals surface area (Å²) in [6.45, 7) is 0.348. The molecule has 0 aliphatic carbocycles. The minimum atomic E-state index is -3.18. The van der Waals surface area contributed by atoms with E-state index in [0.29, 0.717) is 17.3 Å². The summed E-state index contributed by atoms with van der Waals surface area (Å²) in [5, 5.41) is 8.51. The van der Waals surface area contributed by atoms with Gasteiger partial charge in [0, 0.05) is 11.0 Å². The number of ether oxygens (including phenoxy) is 1. The molecule has 0 atom stereocenters. The van der Waals surface area contributed by atoms with Crippen molar-refractivity contribution in [1.29, 1.82) is 5.41 Å². The first-order chi connectivity index (χ1) is 11.3. The Bertz CT molecular complexity index is 1010. The molecule has 5 nitrogen and oxygen atoms in total. The molecule has 0 bridgehead atoms. The van der Waals surface area contributed by atoms with Gasteiger partial charge in [-0.2, -0.15) is 0 Å². The summed E-state index contributed by atoms with van der Waals surface area (Å²) >= 11 is 1.45. The van der Waals surface area contributed by atoms with Gasteiger partial charge in [0.05, 0.1) is 9.77 Å². The average Bonchev–Trinajstić information content (AvgIpc) is 2.96. The van der Waals surface area contributed by atoms with Gasteiger partial charge in [0.2, 0.25) is 0 Å². The lowest BCUT2D eigenvalue weighted by Crippen LogP contribution is -2.08. The Morgan fingerprint density at radius 3 is 2.50 bits per heavy atom. The molecule has 0 amide bonds. The van der Waals surface area contributed by atoms with Crippen LogP contribution in [0.25, 0.3) is 10.1 Å². The zero-order valence-corrected chi connectivity index (χ0v) is 14.6. The summed E-state index contributed by atoms with van der Waals surface area (Å²) in [6.07, 6.45) is 1.18. The number of sulfone groups is 1. The van der Waals surface area contributed by atoms with Crippen LogP contribution in [-0.2, 0) is 16.4 Å². The molecule has 124 valence electrons. The number of fused-ring (bicyclic) bond motifs is 1. The molecule has 0 spiro atoms. The number of hydrogen-bond acceptors (Lipinski definition) is 5. The summed E-state index contributed by atoms with van der Waals surface area (Å²) in [5.41, 5.74) is 6.40. The van der Waals surface area contributed by atoms with Gasteiger partial charge in [-0.25, -0.2) is 8.42 Å². The van der Waals surface area contributed by atoms with Crippen LogP contribution in [0.15, 0.2) is 53.4 Å². The zero-order chi connectivity index (χ0) is 17.3. The number of amidine groups is 1. The van der Waals surface area contributed by atoms with Crippen molar-refractivity contribution in [3.8, 4) is 5.75 Å². The van der Waals surface area contributed by atoms with Crippen molar-refractivity contribution in [2.24, 2.45) is 5.73 Å². The Balaban J connectivity index is 1.74. The fourth-order valence-electron chi connectivity index (χ4n) is 2.23. The number of thiophene rings is 1. The maximum atomic E-state index is 11.4. The maximum Gasteiger partial charge on any atom is 0.175 e. The van der Waals surface area contributed by atoms with E-state index in [1.807, 2.05) is 24.3 Å². The van der Waals surface area contributed by atoms with Crippen LogP contribution in [0.3, 0.4) is 0 Å². The van der Waals surface area contributed by atoms with Crippen molar-refractivity contribution in [2.75, 3.05) is 6.26 Å². The summed E-state index contributed by atoms with van der Waals surface area (Å²) in [7, 11) is -3.18. The van der Waals surface area contributed by atoms with E-state index < -0.39 is 9.84 Å². The highest BCUT2D eigenvalue weighted by Crippen LogP contribution is 2.29. The van der Waals surface area contributed by atoms with E-state index in [1.165, 1.54) is 17.6 Å². The Labute approximate surface area is 144 Å². The molecule has 3 rings (SSSR count). The molecule has 3 N–H and O–H groups in total. The van der Waals surface area contributed by atoms with E-state index >= 15 is 0 Å². The van der Waals surface area contributed by atoms with Crippen molar-refractivity contribution in [3.63, 3.8) is 0 Å². The molecule has 0 aliphatic rings. The van der Waals surface area contributed by atoms with Crippen LogP contribution in [-0.4, -0.2) is 20.5 Å². The fourth-order valence-corrected chi connectivity index (χ4v) is 3.82. The predicted molar refractivity (Wildman–Crippen MR) is 96.7 cm³/mol. The van der Waals surface area contributed by atoms with Crippen molar-refractivity contribution in [1.82, 2.24) is 0 Å². The second kappa shape index (κ2) is 6.26. The Morgan fingerprint density at radius 2 is 1.88 bits per heavy atom. The Hall–Kier alpha value is -2.38. The molecule has 0 fully saturated rings. The second-order valence-electron chi connectivity index (χ2n) is 5.43. The third-order valence-electron chi connectivity index (χ3n) is 3.51. The number of benzene rings is 2. The third kappa shape index (κ3) is 3.58. The van der Waals surface area contributed by atoms with Gasteiger partial charge in [-0.05, 0) is 47.3 Å². The number of nitrogen functional groups attached to an aromatic ring is 1. The standard InChI is InChI=1S/C17H16N2O3S2/c1-24(20,21)14-6-2-11(3-7-14)10-22-13-5-4-12-8-16(17(18)19)23-15(12)9-13/h2-9H,10H2,1H3,(H3,18,19). The summed E-state index contributed by atoms with van der Waals surface area (Å²) in [4.78, 5) is 1.03. The lowest BCUT2D eigenvalue weighted by Gasteiger charge is -2.07. The lowest BCUT2D eigenvalue weighted by molar-refractivity contribution is 0.306. The van der Waals surface area contributed by atoms with E-state index in [9.17, 15) is 8.42 Å². The van der Waals surface area contributed by atoms with Gasteiger partial charge >= 0.3 is 0 Å². The molecular weight excluding hydrogens is 344 g/mol. The van der Waals surface area contributed by atoms with Gasteiger partial charge in [-0.3, -0.25) is 5.41 Å². The highest BCUT2D eigenvalue weighted by molar-refractivity contribution is 7.90. The van der Waals surface area contributed by atoms with E-state index in [0.717, 1.165) is 20.5 Å². The van der Waals surface area contributed by atoms with Crippen molar-refractivity contribution in [3.05, 3.63) is 59.0 Å². The monoisotopic (exact) mass is 360 g/mol. The van der Waals surface area contributed by atoms with Crippen LogP contribution >= 0.6 is 11.3 Å².